The molecule has 3 rings (SSSR count). The van der Waals surface area contributed by atoms with Crippen LogP contribution in [0.2, 0.25) is 0 Å². The van der Waals surface area contributed by atoms with E-state index in [1.807, 2.05) is 24.3 Å². The molecule has 0 bridgehead atoms. The minimum Gasteiger partial charge on any atom is -0.204 e. The number of hydrogen-bond donors (Lipinski definition) is 0. The van der Waals surface area contributed by atoms with E-state index in [0.29, 0.717) is 11.5 Å². The molecule has 0 atom stereocenters. The van der Waals surface area contributed by atoms with Crippen LogP contribution in [0.25, 0.3) is 11.1 Å². The van der Waals surface area contributed by atoms with Gasteiger partial charge in [-0.05, 0) is 73.4 Å². The van der Waals surface area contributed by atoms with Gasteiger partial charge in [-0.1, -0.05) is 55.5 Å². The lowest BCUT2D eigenvalue weighted by Crippen LogP contribution is -2.11. The Kier molecular flexibility index (Phi) is 6.82. The first-order valence-corrected chi connectivity index (χ1v) is 9.89. The van der Waals surface area contributed by atoms with Gasteiger partial charge in [-0.25, -0.2) is 8.78 Å². The Morgan fingerprint density at radius 2 is 1.63 bits per heavy atom. The minimum atomic E-state index is -0.823. The minimum absolute atomic E-state index is 0.478. The van der Waals surface area contributed by atoms with Crippen molar-refractivity contribution in [2.24, 2.45) is 11.8 Å². The van der Waals surface area contributed by atoms with E-state index in [-0.39, 0.29) is 0 Å². The summed E-state index contributed by atoms with van der Waals surface area (Å²) < 4.78 is 26.4. The number of halogens is 2. The Hall–Kier alpha value is -2.40. The van der Waals surface area contributed by atoms with Crippen molar-refractivity contribution in [1.29, 1.82) is 0 Å². The molecule has 0 nitrogen and oxygen atoms in total. The smallest absolute Gasteiger partial charge is 0.159 e. The van der Waals surface area contributed by atoms with Gasteiger partial charge in [0.2, 0.25) is 0 Å². The average molecular weight is 364 g/mol. The zero-order valence-corrected chi connectivity index (χ0v) is 15.8. The number of unbranched alkanes of at least 4 members (excludes halogenated alkanes) is 1. The fourth-order valence-electron chi connectivity index (χ4n) is 3.52. The van der Waals surface area contributed by atoms with Gasteiger partial charge in [0.15, 0.2) is 11.6 Å². The molecule has 0 amide bonds. The summed E-state index contributed by atoms with van der Waals surface area (Å²) in [5.74, 6) is 6.26. The fraction of sp³-hybridized carbons (Fsp3) is 0.360. The normalized spacial score (nSPS) is 19.7. The van der Waals surface area contributed by atoms with E-state index >= 15 is 0 Å². The van der Waals surface area contributed by atoms with E-state index in [1.165, 1.54) is 44.6 Å². The molecule has 0 unspecified atom stereocenters. The average Bonchev–Trinajstić information content (AvgIpc) is 2.70. The summed E-state index contributed by atoms with van der Waals surface area (Å²) >= 11 is 0. The summed E-state index contributed by atoms with van der Waals surface area (Å²) in [5.41, 5.74) is 2.49. The molecule has 0 aliphatic heterocycles. The molecule has 0 aromatic heterocycles. The quantitative estimate of drug-likeness (QED) is 0.399. The Morgan fingerprint density at radius 1 is 0.926 bits per heavy atom. The van der Waals surface area contributed by atoms with Crippen molar-refractivity contribution in [3.8, 4) is 23.0 Å². The van der Waals surface area contributed by atoms with Crippen LogP contribution in [0.15, 0.2) is 54.6 Å². The second kappa shape index (κ2) is 9.51. The lowest BCUT2D eigenvalue weighted by molar-refractivity contribution is 0.364. The van der Waals surface area contributed by atoms with Crippen molar-refractivity contribution in [3.63, 3.8) is 0 Å². The van der Waals surface area contributed by atoms with Crippen molar-refractivity contribution in [3.05, 3.63) is 71.8 Å². The molecule has 2 aromatic rings. The first kappa shape index (κ1) is 19.4. The summed E-state index contributed by atoms with van der Waals surface area (Å²) in [5, 5.41) is 0. The van der Waals surface area contributed by atoms with Crippen LogP contribution in [0.5, 0.6) is 0 Å². The first-order valence-electron chi connectivity index (χ1n) is 9.89. The van der Waals surface area contributed by atoms with Gasteiger partial charge >= 0.3 is 0 Å². The maximum absolute atomic E-state index is 13.4. The molecule has 1 aliphatic rings. The number of allylic oxidation sites excluding steroid dienone is 2. The largest absolute Gasteiger partial charge is 0.204 e. The highest BCUT2D eigenvalue weighted by Crippen LogP contribution is 2.29. The van der Waals surface area contributed by atoms with Crippen LogP contribution in [0.1, 0.15) is 51.0 Å². The number of hydrogen-bond acceptors (Lipinski definition) is 0. The molecule has 1 saturated carbocycles. The highest BCUT2D eigenvalue weighted by molar-refractivity contribution is 5.64. The summed E-state index contributed by atoms with van der Waals surface area (Å²) in [4.78, 5) is 0. The number of benzene rings is 2. The molecule has 1 fully saturated rings. The SMILES string of the molecule is CCCC=CC1CCC(C#Cc2ccc(-c3ccc(F)c(F)c3)cc2)CC1. The van der Waals surface area contributed by atoms with Gasteiger partial charge in [0.25, 0.3) is 0 Å². The van der Waals surface area contributed by atoms with E-state index < -0.39 is 11.6 Å². The van der Waals surface area contributed by atoms with Gasteiger partial charge in [-0.15, -0.1) is 0 Å². The van der Waals surface area contributed by atoms with Crippen LogP contribution in [0, 0.1) is 35.3 Å². The summed E-state index contributed by atoms with van der Waals surface area (Å²) in [6.07, 6.45) is 11.9. The Morgan fingerprint density at radius 3 is 2.30 bits per heavy atom. The van der Waals surface area contributed by atoms with Crippen LogP contribution < -0.4 is 0 Å². The maximum Gasteiger partial charge on any atom is 0.159 e. The van der Waals surface area contributed by atoms with Gasteiger partial charge in [0, 0.05) is 11.5 Å². The fourth-order valence-corrected chi connectivity index (χ4v) is 3.52. The summed E-state index contributed by atoms with van der Waals surface area (Å²) in [6, 6.07) is 11.7. The Labute approximate surface area is 161 Å². The predicted molar refractivity (Wildman–Crippen MR) is 108 cm³/mol. The van der Waals surface area contributed by atoms with E-state index in [0.717, 1.165) is 23.1 Å². The molecule has 27 heavy (non-hydrogen) atoms. The number of rotatable bonds is 4. The first-order chi connectivity index (χ1) is 13.2. The van der Waals surface area contributed by atoms with Gasteiger partial charge in [-0.2, -0.15) is 0 Å². The topological polar surface area (TPSA) is 0 Å². The zero-order valence-electron chi connectivity index (χ0n) is 15.8. The predicted octanol–water partition coefficient (Wildman–Crippen LogP) is 7.15. The van der Waals surface area contributed by atoms with Crippen molar-refractivity contribution in [2.45, 2.75) is 45.4 Å². The molecule has 0 spiro atoms. The van der Waals surface area contributed by atoms with Crippen molar-refractivity contribution >= 4 is 0 Å². The molecule has 2 aromatic carbocycles. The van der Waals surface area contributed by atoms with Crippen LogP contribution in [0.3, 0.4) is 0 Å². The van der Waals surface area contributed by atoms with Crippen molar-refractivity contribution in [2.75, 3.05) is 0 Å². The Bertz CT molecular complexity index is 829. The third kappa shape index (κ3) is 5.54. The second-order valence-electron chi connectivity index (χ2n) is 7.30. The molecule has 140 valence electrons. The van der Waals surface area contributed by atoms with Crippen molar-refractivity contribution < 1.29 is 8.78 Å². The summed E-state index contributed by atoms with van der Waals surface area (Å²) in [7, 11) is 0. The highest BCUT2D eigenvalue weighted by Gasteiger charge is 2.17. The molecule has 0 saturated heterocycles. The summed E-state index contributed by atoms with van der Waals surface area (Å²) in [6.45, 7) is 2.21. The Balaban J connectivity index is 1.57. The van der Waals surface area contributed by atoms with Crippen molar-refractivity contribution in [1.82, 2.24) is 0 Å². The van der Waals surface area contributed by atoms with E-state index in [1.54, 1.807) is 6.07 Å². The third-order valence-corrected chi connectivity index (χ3v) is 5.19. The highest BCUT2D eigenvalue weighted by atomic mass is 19.2. The van der Waals surface area contributed by atoms with Gasteiger partial charge in [0.1, 0.15) is 0 Å². The molecule has 0 radical (unpaired) electrons. The van der Waals surface area contributed by atoms with E-state index in [2.05, 4.69) is 30.9 Å². The van der Waals surface area contributed by atoms with E-state index in [9.17, 15) is 8.78 Å². The lowest BCUT2D eigenvalue weighted by Gasteiger charge is -2.23. The maximum atomic E-state index is 13.4. The van der Waals surface area contributed by atoms with Gasteiger partial charge in [0.05, 0.1) is 0 Å². The monoisotopic (exact) mass is 364 g/mol. The molecule has 1 aliphatic carbocycles. The second-order valence-corrected chi connectivity index (χ2v) is 7.30. The van der Waals surface area contributed by atoms with Crippen LogP contribution in [0.4, 0.5) is 8.78 Å². The lowest BCUT2D eigenvalue weighted by atomic mass is 9.82. The molecule has 0 heterocycles. The molecular weight excluding hydrogens is 338 g/mol. The van der Waals surface area contributed by atoms with Gasteiger partial charge in [-0.3, -0.25) is 0 Å². The zero-order chi connectivity index (χ0) is 19.1. The molecule has 0 N–H and O–H groups in total. The van der Waals surface area contributed by atoms with E-state index in [4.69, 9.17) is 0 Å². The third-order valence-electron chi connectivity index (χ3n) is 5.19. The molecule has 2 heteroatoms. The molecular formula is C25H26F2. The van der Waals surface area contributed by atoms with Gasteiger partial charge < -0.3 is 0 Å². The van der Waals surface area contributed by atoms with Crippen LogP contribution in [-0.4, -0.2) is 0 Å². The van der Waals surface area contributed by atoms with Crippen LogP contribution >= 0.6 is 0 Å². The standard InChI is InChI=1S/C25H26F2/c1-2-3-4-5-19-6-8-20(9-7-19)10-11-21-12-14-22(15-13-21)23-16-17-24(26)25(27)18-23/h4-5,12-20H,2-3,6-9H2,1H3. The van der Waals surface area contributed by atoms with Crippen LogP contribution in [-0.2, 0) is 0 Å².